The molecule has 2 heterocycles. The summed E-state index contributed by atoms with van der Waals surface area (Å²) in [5.74, 6) is 0.717. The fourth-order valence-electron chi connectivity index (χ4n) is 3.64. The number of carbonyl (C=O) groups is 1. The minimum Gasteiger partial charge on any atom is -0.347 e. The molecule has 26 heavy (non-hydrogen) atoms. The number of halogens is 1. The normalized spacial score (nSPS) is 16.8. The molecule has 0 radical (unpaired) electrons. The molecule has 1 N–H and O–H groups in total. The number of imidazole rings is 1. The molecule has 2 aromatic heterocycles. The molecule has 0 saturated heterocycles. The highest BCUT2D eigenvalue weighted by Crippen LogP contribution is 2.44. The van der Waals surface area contributed by atoms with Gasteiger partial charge in [-0.15, -0.1) is 0 Å². The Bertz CT molecular complexity index is 897. The summed E-state index contributed by atoms with van der Waals surface area (Å²) in [5.41, 5.74) is 1.43. The SMILES string of the molecule is CCC(NC(=O)C1(c2ccc(Cl)cc2)CCC1)c1cn2cccnc2n1. The number of fused-ring (bicyclic) bond motifs is 1. The minimum absolute atomic E-state index is 0.0722. The maximum atomic E-state index is 13.2. The van der Waals surface area contributed by atoms with Crippen molar-refractivity contribution >= 4 is 23.3 Å². The van der Waals surface area contributed by atoms with Crippen LogP contribution < -0.4 is 5.32 Å². The third-order valence-corrected chi connectivity index (χ3v) is 5.62. The molecule has 0 bridgehead atoms. The van der Waals surface area contributed by atoms with Crippen LogP contribution >= 0.6 is 11.6 Å². The summed E-state index contributed by atoms with van der Waals surface area (Å²) in [4.78, 5) is 22.0. The van der Waals surface area contributed by atoms with Gasteiger partial charge in [0.1, 0.15) is 0 Å². The van der Waals surface area contributed by atoms with Crippen LogP contribution in [-0.2, 0) is 10.2 Å². The first-order valence-electron chi connectivity index (χ1n) is 8.99. The highest BCUT2D eigenvalue weighted by Gasteiger charge is 2.46. The zero-order valence-corrected chi connectivity index (χ0v) is 15.4. The maximum absolute atomic E-state index is 13.2. The second-order valence-corrected chi connectivity index (χ2v) is 7.31. The third kappa shape index (κ3) is 2.86. The number of benzene rings is 1. The molecule has 1 aliphatic rings. The van der Waals surface area contributed by atoms with Gasteiger partial charge >= 0.3 is 0 Å². The molecule has 1 saturated carbocycles. The second-order valence-electron chi connectivity index (χ2n) is 6.87. The Labute approximate surface area is 157 Å². The summed E-state index contributed by atoms with van der Waals surface area (Å²) in [7, 11) is 0. The van der Waals surface area contributed by atoms with Gasteiger partial charge in [0, 0.05) is 23.6 Å². The Morgan fingerprint density at radius 2 is 2.12 bits per heavy atom. The van der Waals surface area contributed by atoms with Gasteiger partial charge in [-0.2, -0.15) is 0 Å². The van der Waals surface area contributed by atoms with Crippen molar-refractivity contribution < 1.29 is 4.79 Å². The smallest absolute Gasteiger partial charge is 0.233 e. The van der Waals surface area contributed by atoms with Gasteiger partial charge in [0.2, 0.25) is 11.7 Å². The number of aromatic nitrogens is 3. The van der Waals surface area contributed by atoms with Crippen LogP contribution in [0.25, 0.3) is 5.78 Å². The fraction of sp³-hybridized carbons (Fsp3) is 0.350. The monoisotopic (exact) mass is 368 g/mol. The van der Waals surface area contributed by atoms with E-state index in [1.54, 1.807) is 6.20 Å². The van der Waals surface area contributed by atoms with Gasteiger partial charge in [0.15, 0.2) is 0 Å². The van der Waals surface area contributed by atoms with Crippen molar-refractivity contribution in [2.75, 3.05) is 0 Å². The highest BCUT2D eigenvalue weighted by molar-refractivity contribution is 6.30. The van der Waals surface area contributed by atoms with Crippen LogP contribution in [0.5, 0.6) is 0 Å². The van der Waals surface area contributed by atoms with Gasteiger partial charge in [-0.3, -0.25) is 9.20 Å². The molecular formula is C20H21ClN4O. The predicted molar refractivity (Wildman–Crippen MR) is 101 cm³/mol. The first-order valence-corrected chi connectivity index (χ1v) is 9.37. The Morgan fingerprint density at radius 1 is 1.35 bits per heavy atom. The number of hydrogen-bond donors (Lipinski definition) is 1. The molecule has 1 atom stereocenters. The van der Waals surface area contributed by atoms with Gasteiger partial charge in [0.05, 0.1) is 17.2 Å². The van der Waals surface area contributed by atoms with E-state index in [-0.39, 0.29) is 11.9 Å². The van der Waals surface area contributed by atoms with Gasteiger partial charge in [0.25, 0.3) is 0 Å². The highest BCUT2D eigenvalue weighted by atomic mass is 35.5. The Balaban J connectivity index is 1.59. The van der Waals surface area contributed by atoms with E-state index in [1.165, 1.54) is 0 Å². The number of nitrogens with zero attached hydrogens (tertiary/aromatic N) is 3. The summed E-state index contributed by atoms with van der Waals surface area (Å²) in [6.07, 6.45) is 9.13. The van der Waals surface area contributed by atoms with E-state index < -0.39 is 5.41 Å². The summed E-state index contributed by atoms with van der Waals surface area (Å²) in [6.45, 7) is 2.05. The van der Waals surface area contributed by atoms with Crippen LogP contribution in [0.1, 0.15) is 49.9 Å². The number of carbonyl (C=O) groups excluding carboxylic acids is 1. The quantitative estimate of drug-likeness (QED) is 0.738. The first-order chi connectivity index (χ1) is 12.6. The maximum Gasteiger partial charge on any atom is 0.233 e. The Morgan fingerprint density at radius 3 is 2.73 bits per heavy atom. The molecule has 1 amide bonds. The lowest BCUT2D eigenvalue weighted by Crippen LogP contribution is -2.50. The van der Waals surface area contributed by atoms with Crippen molar-refractivity contribution in [3.8, 4) is 0 Å². The molecule has 0 aliphatic heterocycles. The van der Waals surface area contributed by atoms with Crippen LogP contribution in [0.4, 0.5) is 0 Å². The fourth-order valence-corrected chi connectivity index (χ4v) is 3.77. The number of rotatable bonds is 5. The molecule has 4 rings (SSSR count). The van der Waals surface area contributed by atoms with E-state index in [4.69, 9.17) is 11.6 Å². The van der Waals surface area contributed by atoms with Gasteiger partial charge in [-0.25, -0.2) is 9.97 Å². The molecule has 3 aromatic rings. The molecule has 5 nitrogen and oxygen atoms in total. The van der Waals surface area contributed by atoms with Gasteiger partial charge < -0.3 is 5.32 Å². The Hall–Kier alpha value is -2.40. The van der Waals surface area contributed by atoms with E-state index in [2.05, 4.69) is 22.2 Å². The van der Waals surface area contributed by atoms with E-state index in [0.29, 0.717) is 10.8 Å². The predicted octanol–water partition coefficient (Wildman–Crippen LogP) is 4.07. The number of nitrogens with one attached hydrogen (secondary N) is 1. The molecule has 0 spiro atoms. The molecule has 1 unspecified atom stereocenters. The van der Waals surface area contributed by atoms with Crippen LogP contribution in [0.2, 0.25) is 5.02 Å². The lowest BCUT2D eigenvalue weighted by molar-refractivity contribution is -0.130. The van der Waals surface area contributed by atoms with Crippen LogP contribution in [0, 0.1) is 0 Å². The van der Waals surface area contributed by atoms with Crippen LogP contribution in [0.15, 0.2) is 48.9 Å². The zero-order valence-electron chi connectivity index (χ0n) is 14.7. The lowest BCUT2D eigenvalue weighted by Gasteiger charge is -2.41. The molecule has 6 heteroatoms. The molecule has 1 aliphatic carbocycles. The molecule has 134 valence electrons. The molecule has 1 aromatic carbocycles. The number of amides is 1. The third-order valence-electron chi connectivity index (χ3n) is 5.36. The van der Waals surface area contributed by atoms with E-state index in [0.717, 1.165) is 36.9 Å². The van der Waals surface area contributed by atoms with Crippen molar-refractivity contribution in [1.82, 2.24) is 19.7 Å². The topological polar surface area (TPSA) is 59.3 Å². The average Bonchev–Trinajstić information content (AvgIpc) is 3.04. The van der Waals surface area contributed by atoms with Crippen molar-refractivity contribution in [3.63, 3.8) is 0 Å². The van der Waals surface area contributed by atoms with Crippen molar-refractivity contribution in [1.29, 1.82) is 0 Å². The van der Waals surface area contributed by atoms with E-state index in [9.17, 15) is 4.79 Å². The summed E-state index contributed by atoms with van der Waals surface area (Å²) in [5, 5.41) is 3.91. The minimum atomic E-state index is -0.449. The van der Waals surface area contributed by atoms with Crippen molar-refractivity contribution in [2.45, 2.75) is 44.1 Å². The van der Waals surface area contributed by atoms with Gasteiger partial charge in [-0.1, -0.05) is 37.1 Å². The zero-order chi connectivity index (χ0) is 18.1. The standard InChI is InChI=1S/C20H21ClN4O/c1-2-16(17-13-25-12-4-11-22-19(25)24-17)23-18(26)20(9-3-10-20)14-5-7-15(21)8-6-14/h4-8,11-13,16H,2-3,9-10H2,1H3,(H,23,26). The van der Waals surface area contributed by atoms with E-state index >= 15 is 0 Å². The first kappa shape index (κ1) is 17.0. The average molecular weight is 369 g/mol. The number of hydrogen-bond acceptors (Lipinski definition) is 3. The summed E-state index contributed by atoms with van der Waals surface area (Å²) in [6, 6.07) is 9.38. The van der Waals surface area contributed by atoms with Crippen LogP contribution in [0.3, 0.4) is 0 Å². The molecular weight excluding hydrogens is 348 g/mol. The van der Waals surface area contributed by atoms with Crippen molar-refractivity contribution in [2.24, 2.45) is 0 Å². The lowest BCUT2D eigenvalue weighted by atomic mass is 9.63. The van der Waals surface area contributed by atoms with Gasteiger partial charge in [-0.05, 0) is 43.0 Å². The second kappa shape index (κ2) is 6.72. The van der Waals surface area contributed by atoms with Crippen molar-refractivity contribution in [3.05, 3.63) is 65.2 Å². The van der Waals surface area contributed by atoms with Crippen LogP contribution in [-0.4, -0.2) is 20.3 Å². The molecule has 1 fully saturated rings. The Kier molecular flexibility index (Phi) is 4.41. The summed E-state index contributed by atoms with van der Waals surface area (Å²) >= 11 is 6.01. The summed E-state index contributed by atoms with van der Waals surface area (Å²) < 4.78 is 1.88. The van der Waals surface area contributed by atoms with E-state index in [1.807, 2.05) is 47.1 Å². The largest absolute Gasteiger partial charge is 0.347 e.